The molecule has 3 aromatic rings. The van der Waals surface area contributed by atoms with Crippen molar-refractivity contribution >= 4 is 5.69 Å². The second kappa shape index (κ2) is 5.13. The van der Waals surface area contributed by atoms with Crippen LogP contribution in [0.25, 0.3) is 11.5 Å². The van der Waals surface area contributed by atoms with Crippen molar-refractivity contribution in [1.29, 1.82) is 0 Å². The summed E-state index contributed by atoms with van der Waals surface area (Å²) in [5.74, 6) is 1.06. The number of hydrogen-bond acceptors (Lipinski definition) is 5. The standard InChI is InChI=1S/C15H14N4O/c1-10-2-4-11(5-3-10)8-14-18-15(20-19-14)12-6-7-17-9-13(12)16/h2-7,9H,8,16H2,1H3. The van der Waals surface area contributed by atoms with E-state index in [1.54, 1.807) is 18.5 Å². The van der Waals surface area contributed by atoms with Gasteiger partial charge < -0.3 is 10.3 Å². The summed E-state index contributed by atoms with van der Waals surface area (Å²) in [4.78, 5) is 8.31. The van der Waals surface area contributed by atoms with Gasteiger partial charge in [0.05, 0.1) is 17.4 Å². The Labute approximate surface area is 116 Å². The minimum atomic E-state index is 0.423. The quantitative estimate of drug-likeness (QED) is 0.788. The lowest BCUT2D eigenvalue weighted by Crippen LogP contribution is -1.93. The Morgan fingerprint density at radius 1 is 1.15 bits per heavy atom. The fraction of sp³-hybridized carbons (Fsp3) is 0.133. The number of hydrogen-bond donors (Lipinski definition) is 1. The van der Waals surface area contributed by atoms with Crippen LogP contribution in [0.1, 0.15) is 17.0 Å². The van der Waals surface area contributed by atoms with Crippen LogP contribution >= 0.6 is 0 Å². The number of rotatable bonds is 3. The summed E-state index contributed by atoms with van der Waals surface area (Å²) >= 11 is 0. The molecule has 2 heterocycles. The van der Waals surface area contributed by atoms with Crippen molar-refractivity contribution in [3.05, 3.63) is 59.7 Å². The van der Waals surface area contributed by atoms with Crippen molar-refractivity contribution in [1.82, 2.24) is 15.1 Å². The number of aryl methyl sites for hydroxylation is 1. The second-order valence-corrected chi connectivity index (χ2v) is 4.64. The molecule has 0 fully saturated rings. The van der Waals surface area contributed by atoms with Gasteiger partial charge in [-0.15, -0.1) is 0 Å². The first-order chi connectivity index (χ1) is 9.72. The van der Waals surface area contributed by atoms with Crippen LogP contribution in [0.2, 0.25) is 0 Å². The van der Waals surface area contributed by atoms with Crippen molar-refractivity contribution in [2.24, 2.45) is 0 Å². The molecule has 2 N–H and O–H groups in total. The zero-order valence-corrected chi connectivity index (χ0v) is 11.1. The van der Waals surface area contributed by atoms with Gasteiger partial charge in [-0.1, -0.05) is 35.0 Å². The van der Waals surface area contributed by atoms with Crippen LogP contribution in [-0.2, 0) is 6.42 Å². The Morgan fingerprint density at radius 3 is 2.70 bits per heavy atom. The number of aromatic nitrogens is 3. The van der Waals surface area contributed by atoms with Gasteiger partial charge in [-0.05, 0) is 18.6 Å². The summed E-state index contributed by atoms with van der Waals surface area (Å²) < 4.78 is 5.26. The van der Waals surface area contributed by atoms with Gasteiger partial charge in [-0.2, -0.15) is 4.98 Å². The average Bonchev–Trinajstić information content (AvgIpc) is 2.90. The predicted molar refractivity (Wildman–Crippen MR) is 75.9 cm³/mol. The molecular formula is C15H14N4O. The molecule has 2 aromatic heterocycles. The fourth-order valence-electron chi connectivity index (χ4n) is 1.93. The van der Waals surface area contributed by atoms with E-state index in [1.165, 1.54) is 5.56 Å². The van der Waals surface area contributed by atoms with Crippen LogP contribution in [0.4, 0.5) is 5.69 Å². The summed E-state index contributed by atoms with van der Waals surface area (Å²) in [5, 5.41) is 3.99. The average molecular weight is 266 g/mol. The maximum atomic E-state index is 5.84. The normalized spacial score (nSPS) is 10.7. The summed E-state index contributed by atoms with van der Waals surface area (Å²) in [6.07, 6.45) is 3.85. The maximum Gasteiger partial charge on any atom is 0.260 e. The zero-order valence-electron chi connectivity index (χ0n) is 11.1. The van der Waals surface area contributed by atoms with E-state index in [0.29, 0.717) is 29.4 Å². The van der Waals surface area contributed by atoms with Crippen molar-refractivity contribution in [3.63, 3.8) is 0 Å². The monoisotopic (exact) mass is 266 g/mol. The van der Waals surface area contributed by atoms with Crippen molar-refractivity contribution in [2.75, 3.05) is 5.73 Å². The summed E-state index contributed by atoms with van der Waals surface area (Å²) in [5.41, 5.74) is 9.45. The van der Waals surface area contributed by atoms with Crippen LogP contribution in [0.15, 0.2) is 47.2 Å². The van der Waals surface area contributed by atoms with E-state index >= 15 is 0 Å². The second-order valence-electron chi connectivity index (χ2n) is 4.64. The molecule has 1 aromatic carbocycles. The summed E-state index contributed by atoms with van der Waals surface area (Å²) in [7, 11) is 0. The van der Waals surface area contributed by atoms with Gasteiger partial charge in [-0.3, -0.25) is 4.98 Å². The Bertz CT molecular complexity index is 719. The van der Waals surface area contributed by atoms with Crippen LogP contribution in [0.5, 0.6) is 0 Å². The van der Waals surface area contributed by atoms with Gasteiger partial charge in [0.25, 0.3) is 5.89 Å². The highest BCUT2D eigenvalue weighted by Crippen LogP contribution is 2.23. The Balaban J connectivity index is 1.84. The minimum Gasteiger partial charge on any atom is -0.397 e. The van der Waals surface area contributed by atoms with E-state index in [4.69, 9.17) is 10.3 Å². The minimum absolute atomic E-state index is 0.423. The molecule has 100 valence electrons. The number of pyridine rings is 1. The molecule has 3 rings (SSSR count). The van der Waals surface area contributed by atoms with E-state index in [-0.39, 0.29) is 0 Å². The first-order valence-electron chi connectivity index (χ1n) is 6.30. The topological polar surface area (TPSA) is 77.8 Å². The van der Waals surface area contributed by atoms with Gasteiger partial charge in [0.2, 0.25) is 0 Å². The largest absolute Gasteiger partial charge is 0.397 e. The van der Waals surface area contributed by atoms with Crippen molar-refractivity contribution in [2.45, 2.75) is 13.3 Å². The first kappa shape index (κ1) is 12.3. The molecule has 0 aliphatic rings. The van der Waals surface area contributed by atoms with Crippen molar-refractivity contribution in [3.8, 4) is 11.5 Å². The Kier molecular flexibility index (Phi) is 3.16. The van der Waals surface area contributed by atoms with E-state index in [0.717, 1.165) is 5.56 Å². The third-order valence-electron chi connectivity index (χ3n) is 3.03. The highest BCUT2D eigenvalue weighted by molar-refractivity contribution is 5.68. The first-order valence-corrected chi connectivity index (χ1v) is 6.30. The van der Waals surface area contributed by atoms with Gasteiger partial charge >= 0.3 is 0 Å². The van der Waals surface area contributed by atoms with Crippen LogP contribution in [0.3, 0.4) is 0 Å². The van der Waals surface area contributed by atoms with E-state index in [1.807, 2.05) is 0 Å². The smallest absolute Gasteiger partial charge is 0.260 e. The van der Waals surface area contributed by atoms with Crippen LogP contribution < -0.4 is 5.73 Å². The van der Waals surface area contributed by atoms with Crippen LogP contribution in [0, 0.1) is 6.92 Å². The lowest BCUT2D eigenvalue weighted by atomic mass is 10.1. The molecule has 0 saturated heterocycles. The third-order valence-corrected chi connectivity index (χ3v) is 3.03. The highest BCUT2D eigenvalue weighted by atomic mass is 16.5. The lowest BCUT2D eigenvalue weighted by molar-refractivity contribution is 0.424. The fourth-order valence-corrected chi connectivity index (χ4v) is 1.93. The molecule has 0 amide bonds. The van der Waals surface area contributed by atoms with Crippen molar-refractivity contribution < 1.29 is 4.52 Å². The molecule has 0 aliphatic heterocycles. The molecule has 5 heteroatoms. The number of anilines is 1. The molecule has 0 radical (unpaired) electrons. The SMILES string of the molecule is Cc1ccc(Cc2noc(-c3ccncc3N)n2)cc1. The van der Waals surface area contributed by atoms with E-state index in [2.05, 4.69) is 46.3 Å². The number of nitrogens with two attached hydrogens (primary N) is 1. The molecular weight excluding hydrogens is 252 g/mol. The molecule has 20 heavy (non-hydrogen) atoms. The van der Waals surface area contributed by atoms with Gasteiger partial charge in [0, 0.05) is 12.6 Å². The lowest BCUT2D eigenvalue weighted by Gasteiger charge is -1.98. The van der Waals surface area contributed by atoms with Gasteiger partial charge in [-0.25, -0.2) is 0 Å². The third kappa shape index (κ3) is 2.51. The molecule has 5 nitrogen and oxygen atoms in total. The van der Waals surface area contributed by atoms with E-state index in [9.17, 15) is 0 Å². The number of benzene rings is 1. The molecule has 0 aliphatic carbocycles. The van der Waals surface area contributed by atoms with Gasteiger partial charge in [0.15, 0.2) is 5.82 Å². The number of nitrogens with zero attached hydrogens (tertiary/aromatic N) is 3. The molecule has 0 saturated carbocycles. The summed E-state index contributed by atoms with van der Waals surface area (Å²) in [6, 6.07) is 10.0. The molecule has 0 spiro atoms. The zero-order chi connectivity index (χ0) is 13.9. The molecule has 0 unspecified atom stereocenters. The predicted octanol–water partition coefficient (Wildman–Crippen LogP) is 2.61. The number of nitrogen functional groups attached to an aromatic ring is 1. The maximum absolute atomic E-state index is 5.84. The Hall–Kier alpha value is -2.69. The van der Waals surface area contributed by atoms with E-state index < -0.39 is 0 Å². The van der Waals surface area contributed by atoms with Crippen LogP contribution in [-0.4, -0.2) is 15.1 Å². The Morgan fingerprint density at radius 2 is 1.95 bits per heavy atom. The molecule has 0 bridgehead atoms. The highest BCUT2D eigenvalue weighted by Gasteiger charge is 2.11. The summed E-state index contributed by atoms with van der Waals surface area (Å²) in [6.45, 7) is 2.06. The van der Waals surface area contributed by atoms with Gasteiger partial charge in [0.1, 0.15) is 0 Å². The molecule has 0 atom stereocenters.